The van der Waals surface area contributed by atoms with Crippen molar-refractivity contribution in [1.82, 2.24) is 9.80 Å². The lowest BCUT2D eigenvalue weighted by Gasteiger charge is -2.19. The molecule has 0 radical (unpaired) electrons. The number of urea groups is 1. The van der Waals surface area contributed by atoms with Crippen LogP contribution in [0, 0.1) is 5.92 Å². The molecule has 5 nitrogen and oxygen atoms in total. The third-order valence-electron chi connectivity index (χ3n) is 2.89. The lowest BCUT2D eigenvalue weighted by Crippen LogP contribution is -2.32. The molecular weight excluding hydrogens is 208 g/mol. The first-order valence-electron chi connectivity index (χ1n) is 5.65. The molecule has 0 spiro atoms. The topological polar surface area (TPSA) is 60.9 Å². The van der Waals surface area contributed by atoms with Gasteiger partial charge in [0.2, 0.25) is 0 Å². The molecule has 1 unspecified atom stereocenters. The maximum absolute atomic E-state index is 11.8. The van der Waals surface area contributed by atoms with Crippen molar-refractivity contribution in [2.75, 3.05) is 20.1 Å². The van der Waals surface area contributed by atoms with E-state index in [1.54, 1.807) is 16.8 Å². The molecule has 0 aromatic heterocycles. The molecule has 1 aliphatic rings. The van der Waals surface area contributed by atoms with Crippen LogP contribution >= 0.6 is 0 Å². The Morgan fingerprint density at radius 2 is 2.19 bits per heavy atom. The normalized spacial score (nSPS) is 21.0. The summed E-state index contributed by atoms with van der Waals surface area (Å²) in [5, 5.41) is 8.59. The first-order valence-corrected chi connectivity index (χ1v) is 5.65. The van der Waals surface area contributed by atoms with E-state index in [0.29, 0.717) is 19.0 Å². The first kappa shape index (κ1) is 12.8. The molecule has 16 heavy (non-hydrogen) atoms. The van der Waals surface area contributed by atoms with Crippen molar-refractivity contribution >= 4 is 12.0 Å². The fourth-order valence-corrected chi connectivity index (χ4v) is 2.03. The van der Waals surface area contributed by atoms with E-state index in [2.05, 4.69) is 13.8 Å². The van der Waals surface area contributed by atoms with Crippen LogP contribution in [0.3, 0.4) is 0 Å². The molecule has 5 heteroatoms. The quantitative estimate of drug-likeness (QED) is 0.770. The summed E-state index contributed by atoms with van der Waals surface area (Å²) in [7, 11) is 1.79. The summed E-state index contributed by atoms with van der Waals surface area (Å²) in [5.74, 6) is -0.317. The van der Waals surface area contributed by atoms with E-state index >= 15 is 0 Å². The fraction of sp³-hybridized carbons (Fsp3) is 0.818. The largest absolute Gasteiger partial charge is 0.481 e. The van der Waals surface area contributed by atoms with Gasteiger partial charge in [0, 0.05) is 20.1 Å². The molecule has 0 aromatic carbocycles. The second-order valence-corrected chi connectivity index (χ2v) is 4.77. The van der Waals surface area contributed by atoms with Crippen LogP contribution < -0.4 is 0 Å². The average molecular weight is 228 g/mol. The number of rotatable bonds is 5. The van der Waals surface area contributed by atoms with Gasteiger partial charge in [-0.15, -0.1) is 0 Å². The number of likely N-dealkylation sites (N-methyl/N-ethyl adjacent to an activating group) is 1. The summed E-state index contributed by atoms with van der Waals surface area (Å²) in [5.41, 5.74) is 0. The Bertz CT molecular complexity index is 278. The van der Waals surface area contributed by atoms with Gasteiger partial charge in [0.15, 0.2) is 0 Å². The van der Waals surface area contributed by atoms with Crippen LogP contribution in [0.15, 0.2) is 0 Å². The molecule has 92 valence electrons. The number of amides is 2. The van der Waals surface area contributed by atoms with Crippen molar-refractivity contribution in [3.05, 3.63) is 0 Å². The number of aliphatic carboxylic acids is 1. The minimum absolute atomic E-state index is 0.0218. The smallest absolute Gasteiger partial charge is 0.320 e. The molecule has 2 amide bonds. The van der Waals surface area contributed by atoms with Crippen molar-refractivity contribution < 1.29 is 14.7 Å². The van der Waals surface area contributed by atoms with E-state index in [1.165, 1.54) is 0 Å². The molecule has 1 N–H and O–H groups in total. The number of carbonyl (C=O) groups excluding carboxylic acids is 1. The third-order valence-corrected chi connectivity index (χ3v) is 2.89. The van der Waals surface area contributed by atoms with Crippen molar-refractivity contribution in [2.45, 2.75) is 32.7 Å². The van der Waals surface area contributed by atoms with Crippen LogP contribution in [0.4, 0.5) is 4.79 Å². The number of nitrogens with zero attached hydrogens (tertiary/aromatic N) is 2. The summed E-state index contributed by atoms with van der Waals surface area (Å²) >= 11 is 0. The second kappa shape index (κ2) is 5.18. The van der Waals surface area contributed by atoms with Gasteiger partial charge in [-0.2, -0.15) is 0 Å². The van der Waals surface area contributed by atoms with Crippen LogP contribution in [0.1, 0.15) is 26.7 Å². The molecule has 0 aromatic rings. The summed E-state index contributed by atoms with van der Waals surface area (Å²) in [4.78, 5) is 25.6. The van der Waals surface area contributed by atoms with Crippen LogP contribution in [0.5, 0.6) is 0 Å². The standard InChI is InChI=1S/C11H20N2O3/c1-8(2)6-9-7-13(5-4-10(14)15)11(16)12(9)3/h8-9H,4-7H2,1-3H3,(H,14,15). The molecular formula is C11H20N2O3. The number of carboxylic acid groups (broad SMARTS) is 1. The van der Waals surface area contributed by atoms with E-state index in [-0.39, 0.29) is 18.5 Å². The highest BCUT2D eigenvalue weighted by Crippen LogP contribution is 2.20. The monoisotopic (exact) mass is 228 g/mol. The van der Waals surface area contributed by atoms with Crippen molar-refractivity contribution in [1.29, 1.82) is 0 Å². The van der Waals surface area contributed by atoms with Gasteiger partial charge < -0.3 is 14.9 Å². The first-order chi connectivity index (χ1) is 7.41. The predicted octanol–water partition coefficient (Wildman–Crippen LogP) is 1.24. The van der Waals surface area contributed by atoms with E-state index in [0.717, 1.165) is 6.42 Å². The lowest BCUT2D eigenvalue weighted by molar-refractivity contribution is -0.137. The molecule has 1 aliphatic heterocycles. The third kappa shape index (κ3) is 3.12. The zero-order valence-corrected chi connectivity index (χ0v) is 10.1. The predicted molar refractivity (Wildman–Crippen MR) is 60.2 cm³/mol. The maximum Gasteiger partial charge on any atom is 0.320 e. The summed E-state index contributed by atoms with van der Waals surface area (Å²) in [6.45, 7) is 5.21. The van der Waals surface area contributed by atoms with Gasteiger partial charge >= 0.3 is 12.0 Å². The number of carboxylic acids is 1. The number of carbonyl (C=O) groups is 2. The molecule has 1 fully saturated rings. The van der Waals surface area contributed by atoms with Crippen LogP contribution in [0.2, 0.25) is 0 Å². The average Bonchev–Trinajstić information content (AvgIpc) is 2.42. The SMILES string of the molecule is CC(C)CC1CN(CCC(=O)O)C(=O)N1C. The highest BCUT2D eigenvalue weighted by Gasteiger charge is 2.34. The van der Waals surface area contributed by atoms with Crippen LogP contribution in [-0.4, -0.2) is 53.1 Å². The van der Waals surface area contributed by atoms with Gasteiger partial charge in [-0.1, -0.05) is 13.8 Å². The highest BCUT2D eigenvalue weighted by molar-refractivity contribution is 5.77. The Morgan fingerprint density at radius 1 is 1.56 bits per heavy atom. The maximum atomic E-state index is 11.8. The van der Waals surface area contributed by atoms with Crippen LogP contribution in [-0.2, 0) is 4.79 Å². The lowest BCUT2D eigenvalue weighted by atomic mass is 10.0. The Balaban J connectivity index is 2.50. The molecule has 1 saturated heterocycles. The van der Waals surface area contributed by atoms with Crippen molar-refractivity contribution in [2.24, 2.45) is 5.92 Å². The molecule has 0 bridgehead atoms. The molecule has 1 atom stereocenters. The number of hydrogen-bond donors (Lipinski definition) is 1. The van der Waals surface area contributed by atoms with Gasteiger partial charge in [0.25, 0.3) is 0 Å². The zero-order chi connectivity index (χ0) is 12.3. The summed E-state index contributed by atoms with van der Waals surface area (Å²) in [6, 6.07) is 0.174. The van der Waals surface area contributed by atoms with Gasteiger partial charge in [0.05, 0.1) is 12.5 Å². The zero-order valence-electron chi connectivity index (χ0n) is 10.1. The summed E-state index contributed by atoms with van der Waals surface area (Å²) < 4.78 is 0. The highest BCUT2D eigenvalue weighted by atomic mass is 16.4. The van der Waals surface area contributed by atoms with Crippen LogP contribution in [0.25, 0.3) is 0 Å². The molecule has 1 heterocycles. The summed E-state index contributed by atoms with van der Waals surface area (Å²) in [6.07, 6.45) is 0.986. The minimum Gasteiger partial charge on any atom is -0.481 e. The molecule has 0 saturated carbocycles. The number of hydrogen-bond acceptors (Lipinski definition) is 2. The van der Waals surface area contributed by atoms with Gasteiger partial charge in [-0.05, 0) is 12.3 Å². The van der Waals surface area contributed by atoms with Gasteiger partial charge in [0.1, 0.15) is 0 Å². The van der Waals surface area contributed by atoms with Gasteiger partial charge in [-0.25, -0.2) is 4.79 Å². The minimum atomic E-state index is -0.859. The van der Waals surface area contributed by atoms with Gasteiger partial charge in [-0.3, -0.25) is 4.79 Å². The van der Waals surface area contributed by atoms with Crippen molar-refractivity contribution in [3.63, 3.8) is 0 Å². The Labute approximate surface area is 96.0 Å². The molecule has 1 rings (SSSR count). The van der Waals surface area contributed by atoms with E-state index < -0.39 is 5.97 Å². The van der Waals surface area contributed by atoms with E-state index in [9.17, 15) is 9.59 Å². The Kier molecular flexibility index (Phi) is 4.15. The fourth-order valence-electron chi connectivity index (χ4n) is 2.03. The van der Waals surface area contributed by atoms with E-state index in [1.807, 2.05) is 0 Å². The Hall–Kier alpha value is -1.26. The Morgan fingerprint density at radius 3 is 2.69 bits per heavy atom. The van der Waals surface area contributed by atoms with Crippen molar-refractivity contribution in [3.8, 4) is 0 Å². The van der Waals surface area contributed by atoms with E-state index in [4.69, 9.17) is 5.11 Å². The second-order valence-electron chi connectivity index (χ2n) is 4.77. The molecule has 0 aliphatic carbocycles.